The number of phenols is 1. The van der Waals surface area contributed by atoms with Crippen molar-refractivity contribution in [3.05, 3.63) is 101 Å². The van der Waals surface area contributed by atoms with E-state index in [1.54, 1.807) is 36.4 Å². The van der Waals surface area contributed by atoms with Gasteiger partial charge in [0.15, 0.2) is 11.5 Å². The Morgan fingerprint density at radius 3 is 2.40 bits per heavy atom. The van der Waals surface area contributed by atoms with Gasteiger partial charge in [0.2, 0.25) is 23.6 Å². The number of methoxy groups -OCH3 is 1. The number of anilines is 1. The molecule has 218 valence electrons. The number of hydrogen-bond acceptors (Lipinski definition) is 6. The van der Waals surface area contributed by atoms with Crippen LogP contribution < -0.4 is 9.64 Å². The standard InChI is InChI=1S/C34H29ClN2O6/c1-36-30(39)23-13-12-22-24(28(23)32(36)41)17-25-31(40)37(21-10-6-9-20(35)16-21)33(42)34(25,19-7-4-3-5-8-19)29(22)18-11-14-26(38)27(15-18)43-2/h3-12,14-16,23-25,28-29,38H,13,17H2,1-2H3. The number of amides is 4. The first-order valence-electron chi connectivity index (χ1n) is 14.3. The van der Waals surface area contributed by atoms with E-state index < -0.39 is 35.0 Å². The first kappa shape index (κ1) is 27.4. The number of nitrogens with zero attached hydrogens (tertiary/aromatic N) is 2. The van der Waals surface area contributed by atoms with Gasteiger partial charge in [0, 0.05) is 18.0 Å². The molecule has 1 N–H and O–H groups in total. The molecule has 2 saturated heterocycles. The Hall–Kier alpha value is -4.43. The molecule has 1 saturated carbocycles. The van der Waals surface area contributed by atoms with E-state index in [2.05, 4.69) is 0 Å². The van der Waals surface area contributed by atoms with Gasteiger partial charge in [-0.05, 0) is 60.2 Å². The predicted molar refractivity (Wildman–Crippen MR) is 159 cm³/mol. The Morgan fingerprint density at radius 1 is 0.907 bits per heavy atom. The maximum atomic E-state index is 15.1. The zero-order chi connectivity index (χ0) is 30.2. The lowest BCUT2D eigenvalue weighted by atomic mass is 9.49. The van der Waals surface area contributed by atoms with E-state index in [1.807, 2.05) is 36.4 Å². The normalized spacial score (nSPS) is 29.7. The molecule has 0 spiro atoms. The molecular weight excluding hydrogens is 568 g/mol. The van der Waals surface area contributed by atoms with Gasteiger partial charge in [-0.1, -0.05) is 65.7 Å². The zero-order valence-electron chi connectivity index (χ0n) is 23.6. The Kier molecular flexibility index (Phi) is 6.25. The molecule has 0 bridgehead atoms. The van der Waals surface area contributed by atoms with E-state index >= 15 is 4.79 Å². The van der Waals surface area contributed by atoms with Crippen LogP contribution in [0.1, 0.15) is 29.9 Å². The summed E-state index contributed by atoms with van der Waals surface area (Å²) in [5.74, 6) is -4.20. The lowest BCUT2D eigenvalue weighted by Crippen LogP contribution is -2.53. The molecule has 3 fully saturated rings. The molecule has 0 aromatic heterocycles. The van der Waals surface area contributed by atoms with Crippen LogP contribution in [0, 0.1) is 23.7 Å². The number of aromatic hydroxyl groups is 1. The van der Waals surface area contributed by atoms with Gasteiger partial charge >= 0.3 is 0 Å². The average Bonchev–Trinajstić information content (AvgIpc) is 3.38. The minimum Gasteiger partial charge on any atom is -0.504 e. The fraction of sp³-hybridized carbons (Fsp3) is 0.294. The minimum absolute atomic E-state index is 0.0609. The quantitative estimate of drug-likeness (QED) is 0.341. The van der Waals surface area contributed by atoms with E-state index in [0.29, 0.717) is 28.3 Å². The second-order valence-corrected chi connectivity index (χ2v) is 12.2. The maximum Gasteiger partial charge on any atom is 0.246 e. The molecule has 43 heavy (non-hydrogen) atoms. The number of ether oxygens (including phenoxy) is 1. The van der Waals surface area contributed by atoms with Gasteiger partial charge in [-0.25, -0.2) is 4.90 Å². The van der Waals surface area contributed by atoms with Crippen molar-refractivity contribution >= 4 is 40.9 Å². The number of carbonyl (C=O) groups is 4. The van der Waals surface area contributed by atoms with Crippen LogP contribution in [0.5, 0.6) is 11.5 Å². The van der Waals surface area contributed by atoms with Crippen LogP contribution in [-0.4, -0.2) is 47.8 Å². The van der Waals surface area contributed by atoms with Crippen LogP contribution in [0.3, 0.4) is 0 Å². The number of likely N-dealkylation sites (tertiary alicyclic amines) is 1. The average molecular weight is 597 g/mol. The SMILES string of the molecule is COc1cc(C2C3=CCC4C(=O)N(C)C(=O)C4C3CC3C(=O)N(c4cccc(Cl)c4)C(=O)C32c2ccccc2)ccc1O. The fourth-order valence-corrected chi connectivity index (χ4v) is 8.33. The summed E-state index contributed by atoms with van der Waals surface area (Å²) < 4.78 is 5.48. The van der Waals surface area contributed by atoms with Crippen LogP contribution >= 0.6 is 11.6 Å². The minimum atomic E-state index is -1.38. The predicted octanol–water partition coefficient (Wildman–Crippen LogP) is 4.85. The lowest BCUT2D eigenvalue weighted by Gasteiger charge is -2.50. The van der Waals surface area contributed by atoms with E-state index in [0.717, 1.165) is 5.57 Å². The number of halogens is 1. The van der Waals surface area contributed by atoms with Crippen molar-refractivity contribution in [3.8, 4) is 11.5 Å². The third-order valence-corrected chi connectivity index (χ3v) is 10.2. The van der Waals surface area contributed by atoms with E-state index in [-0.39, 0.29) is 41.5 Å². The highest BCUT2D eigenvalue weighted by molar-refractivity contribution is 6.32. The molecule has 2 aliphatic heterocycles. The lowest BCUT2D eigenvalue weighted by molar-refractivity contribution is -0.138. The van der Waals surface area contributed by atoms with E-state index in [4.69, 9.17) is 16.3 Å². The largest absolute Gasteiger partial charge is 0.504 e. The van der Waals surface area contributed by atoms with E-state index in [9.17, 15) is 19.5 Å². The number of rotatable bonds is 4. The highest BCUT2D eigenvalue weighted by Crippen LogP contribution is 2.64. The Labute approximate surface area is 253 Å². The third kappa shape index (κ3) is 3.69. The molecule has 8 nitrogen and oxygen atoms in total. The molecular formula is C34H29ClN2O6. The summed E-state index contributed by atoms with van der Waals surface area (Å²) in [4.78, 5) is 58.7. The number of phenolic OH excluding ortho intramolecular Hbond substituents is 1. The molecule has 2 aliphatic carbocycles. The van der Waals surface area contributed by atoms with Crippen LogP contribution in [0.2, 0.25) is 5.02 Å². The summed E-state index contributed by atoms with van der Waals surface area (Å²) in [6.07, 6.45) is 2.58. The van der Waals surface area contributed by atoms with Crippen molar-refractivity contribution in [2.24, 2.45) is 23.7 Å². The molecule has 4 amide bonds. The highest BCUT2D eigenvalue weighted by Gasteiger charge is 2.70. The van der Waals surface area contributed by atoms with Crippen LogP contribution in [0.15, 0.2) is 84.4 Å². The number of benzene rings is 3. The Morgan fingerprint density at radius 2 is 1.67 bits per heavy atom. The van der Waals surface area contributed by atoms with Crippen molar-refractivity contribution < 1.29 is 29.0 Å². The van der Waals surface area contributed by atoms with Gasteiger partial charge in [-0.2, -0.15) is 0 Å². The first-order chi connectivity index (χ1) is 20.7. The molecule has 2 heterocycles. The topological polar surface area (TPSA) is 104 Å². The Bertz CT molecular complexity index is 1740. The summed E-state index contributed by atoms with van der Waals surface area (Å²) >= 11 is 6.33. The molecule has 3 aromatic rings. The van der Waals surface area contributed by atoms with E-state index in [1.165, 1.54) is 30.0 Å². The molecule has 4 aliphatic rings. The van der Waals surface area contributed by atoms with Crippen LogP contribution in [0.25, 0.3) is 0 Å². The van der Waals surface area contributed by atoms with Gasteiger partial charge in [-0.3, -0.25) is 24.1 Å². The second kappa shape index (κ2) is 9.81. The van der Waals surface area contributed by atoms with Crippen molar-refractivity contribution in [1.82, 2.24) is 4.90 Å². The number of hydrogen-bond donors (Lipinski definition) is 1. The Balaban J connectivity index is 1.53. The van der Waals surface area contributed by atoms with Crippen molar-refractivity contribution in [3.63, 3.8) is 0 Å². The molecule has 6 atom stereocenters. The van der Waals surface area contributed by atoms with Crippen molar-refractivity contribution in [2.75, 3.05) is 19.1 Å². The fourth-order valence-electron chi connectivity index (χ4n) is 8.15. The van der Waals surface area contributed by atoms with Gasteiger partial charge in [0.05, 0.1) is 36.0 Å². The molecule has 7 rings (SSSR count). The molecule has 6 unspecified atom stereocenters. The molecule has 9 heteroatoms. The summed E-state index contributed by atoms with van der Waals surface area (Å²) in [5.41, 5.74) is 1.18. The van der Waals surface area contributed by atoms with Crippen LogP contribution in [-0.2, 0) is 24.6 Å². The zero-order valence-corrected chi connectivity index (χ0v) is 24.3. The smallest absolute Gasteiger partial charge is 0.246 e. The van der Waals surface area contributed by atoms with Gasteiger partial charge in [-0.15, -0.1) is 0 Å². The monoisotopic (exact) mass is 596 g/mol. The number of fused-ring (bicyclic) bond motifs is 4. The van der Waals surface area contributed by atoms with Crippen LogP contribution in [0.4, 0.5) is 5.69 Å². The number of imide groups is 2. The summed E-state index contributed by atoms with van der Waals surface area (Å²) in [6, 6.07) is 20.9. The molecule has 3 aromatic carbocycles. The second-order valence-electron chi connectivity index (χ2n) is 11.8. The summed E-state index contributed by atoms with van der Waals surface area (Å²) in [6.45, 7) is 0. The van der Waals surface area contributed by atoms with Crippen molar-refractivity contribution in [1.29, 1.82) is 0 Å². The summed E-state index contributed by atoms with van der Waals surface area (Å²) in [5, 5.41) is 10.9. The highest BCUT2D eigenvalue weighted by atomic mass is 35.5. The maximum absolute atomic E-state index is 15.1. The van der Waals surface area contributed by atoms with Crippen molar-refractivity contribution in [2.45, 2.75) is 24.2 Å². The molecule has 0 radical (unpaired) electrons. The number of carbonyl (C=O) groups excluding carboxylic acids is 4. The van der Waals surface area contributed by atoms with Gasteiger partial charge in [0.25, 0.3) is 0 Å². The summed E-state index contributed by atoms with van der Waals surface area (Å²) in [7, 11) is 2.96. The van der Waals surface area contributed by atoms with Gasteiger partial charge < -0.3 is 9.84 Å². The first-order valence-corrected chi connectivity index (χ1v) is 14.7. The third-order valence-electron chi connectivity index (χ3n) is 9.92. The van der Waals surface area contributed by atoms with Gasteiger partial charge in [0.1, 0.15) is 0 Å². The number of allylic oxidation sites excluding steroid dienone is 2.